The molecule has 0 aliphatic heterocycles. The van der Waals surface area contributed by atoms with Crippen LogP contribution in [0.4, 0.5) is 5.69 Å². The molecule has 126 valence electrons. The van der Waals surface area contributed by atoms with Gasteiger partial charge >= 0.3 is 5.97 Å². The predicted octanol–water partition coefficient (Wildman–Crippen LogP) is 3.50. The Hall–Kier alpha value is -2.82. The van der Waals surface area contributed by atoms with Gasteiger partial charge in [-0.25, -0.2) is 4.79 Å². The topological polar surface area (TPSA) is 64.6 Å². The fraction of sp³-hybridized carbons (Fsp3) is 0.263. The van der Waals surface area contributed by atoms with E-state index in [1.54, 1.807) is 25.1 Å². The summed E-state index contributed by atoms with van der Waals surface area (Å²) in [6, 6.07) is 12.5. The molecule has 0 spiro atoms. The second-order valence-electron chi connectivity index (χ2n) is 5.40. The summed E-state index contributed by atoms with van der Waals surface area (Å²) in [7, 11) is 0. The van der Waals surface area contributed by atoms with Gasteiger partial charge in [0.25, 0.3) is 5.91 Å². The zero-order chi connectivity index (χ0) is 17.5. The number of esters is 1. The van der Waals surface area contributed by atoms with Gasteiger partial charge in [-0.05, 0) is 56.7 Å². The van der Waals surface area contributed by atoms with Crippen molar-refractivity contribution in [2.24, 2.45) is 0 Å². The van der Waals surface area contributed by atoms with Gasteiger partial charge in [0.05, 0.1) is 12.2 Å². The van der Waals surface area contributed by atoms with Crippen LogP contribution in [0.25, 0.3) is 0 Å². The lowest BCUT2D eigenvalue weighted by atomic mass is 10.1. The van der Waals surface area contributed by atoms with Crippen molar-refractivity contribution >= 4 is 17.6 Å². The molecule has 2 aromatic carbocycles. The summed E-state index contributed by atoms with van der Waals surface area (Å²) in [5.41, 5.74) is 3.01. The highest BCUT2D eigenvalue weighted by Gasteiger charge is 2.10. The highest BCUT2D eigenvalue weighted by molar-refractivity contribution is 5.94. The van der Waals surface area contributed by atoms with Crippen molar-refractivity contribution < 1.29 is 19.1 Å². The van der Waals surface area contributed by atoms with Crippen LogP contribution in [-0.2, 0) is 9.53 Å². The molecule has 0 saturated carbocycles. The van der Waals surface area contributed by atoms with Gasteiger partial charge in [0, 0.05) is 5.69 Å². The molecule has 1 N–H and O–H groups in total. The first-order valence-corrected chi connectivity index (χ1v) is 7.76. The Balaban J connectivity index is 1.93. The van der Waals surface area contributed by atoms with Gasteiger partial charge in [-0.3, -0.25) is 4.79 Å². The predicted molar refractivity (Wildman–Crippen MR) is 92.4 cm³/mol. The molecule has 1 amide bonds. The van der Waals surface area contributed by atoms with Crippen molar-refractivity contribution in [3.05, 3.63) is 59.2 Å². The maximum Gasteiger partial charge on any atom is 0.338 e. The van der Waals surface area contributed by atoms with Crippen LogP contribution in [0.3, 0.4) is 0 Å². The van der Waals surface area contributed by atoms with Crippen LogP contribution in [0.5, 0.6) is 5.75 Å². The van der Waals surface area contributed by atoms with Gasteiger partial charge in [0.1, 0.15) is 5.75 Å². The normalized spacial score (nSPS) is 10.1. The number of benzene rings is 2. The number of rotatable bonds is 6. The van der Waals surface area contributed by atoms with Gasteiger partial charge < -0.3 is 14.8 Å². The summed E-state index contributed by atoms with van der Waals surface area (Å²) in [6.07, 6.45) is 0. The lowest BCUT2D eigenvalue weighted by Gasteiger charge is -2.11. The molecule has 0 bridgehead atoms. The van der Waals surface area contributed by atoms with Crippen LogP contribution in [-0.4, -0.2) is 25.1 Å². The highest BCUT2D eigenvalue weighted by atomic mass is 16.5. The minimum Gasteiger partial charge on any atom is -0.484 e. The van der Waals surface area contributed by atoms with Crippen LogP contribution in [0.2, 0.25) is 0 Å². The van der Waals surface area contributed by atoms with E-state index >= 15 is 0 Å². The number of nitrogens with one attached hydrogen (secondary N) is 1. The molecule has 5 heteroatoms. The first-order chi connectivity index (χ1) is 11.5. The summed E-state index contributed by atoms with van der Waals surface area (Å²) < 4.78 is 10.4. The van der Waals surface area contributed by atoms with Crippen LogP contribution >= 0.6 is 0 Å². The maximum absolute atomic E-state index is 12.0. The molecule has 24 heavy (non-hydrogen) atoms. The molecule has 0 fully saturated rings. The number of ether oxygens (including phenoxy) is 2. The number of aryl methyl sites for hydroxylation is 2. The molecule has 0 unspecified atom stereocenters. The molecule has 0 aliphatic rings. The first-order valence-electron chi connectivity index (χ1n) is 7.76. The van der Waals surface area contributed by atoms with Gasteiger partial charge in [0.2, 0.25) is 0 Å². The molecule has 5 nitrogen and oxygen atoms in total. The Morgan fingerprint density at radius 3 is 2.38 bits per heavy atom. The summed E-state index contributed by atoms with van der Waals surface area (Å²) in [6.45, 7) is 5.81. The molecule has 0 aromatic heterocycles. The molecular formula is C19H21NO4. The summed E-state index contributed by atoms with van der Waals surface area (Å²) in [5.74, 6) is 0.00821. The molecule has 0 radical (unpaired) electrons. The SMILES string of the molecule is CCOC(=O)c1ccc(NC(=O)COc2ccc(C)cc2)c(C)c1. The Labute approximate surface area is 141 Å². The molecule has 2 aromatic rings. The second-order valence-corrected chi connectivity index (χ2v) is 5.40. The third-order valence-electron chi connectivity index (χ3n) is 3.40. The summed E-state index contributed by atoms with van der Waals surface area (Å²) >= 11 is 0. The van der Waals surface area contributed by atoms with Gasteiger partial charge in [-0.2, -0.15) is 0 Å². The number of carbonyl (C=O) groups excluding carboxylic acids is 2. The van der Waals surface area contributed by atoms with Crippen LogP contribution in [0.1, 0.15) is 28.4 Å². The average molecular weight is 327 g/mol. The first kappa shape index (κ1) is 17.5. The van der Waals surface area contributed by atoms with Gasteiger partial charge in [0.15, 0.2) is 6.61 Å². The van der Waals surface area contributed by atoms with Gasteiger partial charge in [-0.1, -0.05) is 17.7 Å². The van der Waals surface area contributed by atoms with E-state index in [1.807, 2.05) is 38.1 Å². The third-order valence-corrected chi connectivity index (χ3v) is 3.40. The quantitative estimate of drug-likeness (QED) is 0.825. The fourth-order valence-electron chi connectivity index (χ4n) is 2.11. The largest absolute Gasteiger partial charge is 0.484 e. The van der Waals surface area contributed by atoms with E-state index in [4.69, 9.17) is 9.47 Å². The Morgan fingerprint density at radius 2 is 1.75 bits per heavy atom. The van der Waals surface area contributed by atoms with Crippen LogP contribution < -0.4 is 10.1 Å². The van der Waals surface area contributed by atoms with Gasteiger partial charge in [-0.15, -0.1) is 0 Å². The average Bonchev–Trinajstić information content (AvgIpc) is 2.56. The Morgan fingerprint density at radius 1 is 1.04 bits per heavy atom. The van der Waals surface area contributed by atoms with E-state index in [-0.39, 0.29) is 18.5 Å². The number of carbonyl (C=O) groups is 2. The van der Waals surface area contributed by atoms with E-state index in [1.165, 1.54) is 0 Å². The van der Waals surface area contributed by atoms with Crippen molar-refractivity contribution in [2.75, 3.05) is 18.5 Å². The number of amides is 1. The molecule has 0 heterocycles. The van der Waals surface area contributed by atoms with E-state index < -0.39 is 0 Å². The van der Waals surface area contributed by atoms with E-state index in [9.17, 15) is 9.59 Å². The van der Waals surface area contributed by atoms with Crippen LogP contribution in [0, 0.1) is 13.8 Å². The second kappa shape index (κ2) is 8.15. The number of anilines is 1. The number of hydrogen-bond acceptors (Lipinski definition) is 4. The standard InChI is InChI=1S/C19H21NO4/c1-4-23-19(22)15-7-10-17(14(3)11-15)20-18(21)12-24-16-8-5-13(2)6-9-16/h5-11H,4,12H2,1-3H3,(H,20,21). The lowest BCUT2D eigenvalue weighted by Crippen LogP contribution is -2.20. The zero-order valence-corrected chi connectivity index (χ0v) is 14.1. The molecular weight excluding hydrogens is 306 g/mol. The smallest absolute Gasteiger partial charge is 0.338 e. The zero-order valence-electron chi connectivity index (χ0n) is 14.1. The van der Waals surface area contributed by atoms with Crippen molar-refractivity contribution in [1.29, 1.82) is 0 Å². The van der Waals surface area contributed by atoms with Crippen molar-refractivity contribution in [3.8, 4) is 5.75 Å². The van der Waals surface area contributed by atoms with E-state index in [0.717, 1.165) is 11.1 Å². The van der Waals surface area contributed by atoms with E-state index in [0.29, 0.717) is 23.6 Å². The van der Waals surface area contributed by atoms with E-state index in [2.05, 4.69) is 5.32 Å². The lowest BCUT2D eigenvalue weighted by molar-refractivity contribution is -0.118. The Bertz CT molecular complexity index is 723. The molecule has 2 rings (SSSR count). The third kappa shape index (κ3) is 4.84. The highest BCUT2D eigenvalue weighted by Crippen LogP contribution is 2.17. The fourth-order valence-corrected chi connectivity index (χ4v) is 2.11. The molecule has 0 atom stereocenters. The minimum atomic E-state index is -0.374. The summed E-state index contributed by atoms with van der Waals surface area (Å²) in [5, 5.41) is 2.77. The Kier molecular flexibility index (Phi) is 5.95. The van der Waals surface area contributed by atoms with Crippen molar-refractivity contribution in [2.45, 2.75) is 20.8 Å². The molecule has 0 saturated heterocycles. The number of hydrogen-bond donors (Lipinski definition) is 1. The maximum atomic E-state index is 12.0. The van der Waals surface area contributed by atoms with Crippen molar-refractivity contribution in [1.82, 2.24) is 0 Å². The minimum absolute atomic E-state index is 0.0812. The van der Waals surface area contributed by atoms with Crippen molar-refractivity contribution in [3.63, 3.8) is 0 Å². The molecule has 0 aliphatic carbocycles. The monoisotopic (exact) mass is 327 g/mol. The van der Waals surface area contributed by atoms with Crippen LogP contribution in [0.15, 0.2) is 42.5 Å². The summed E-state index contributed by atoms with van der Waals surface area (Å²) in [4.78, 5) is 23.7.